The predicted molar refractivity (Wildman–Crippen MR) is 63.3 cm³/mol. The van der Waals surface area contributed by atoms with Crippen molar-refractivity contribution < 1.29 is 19.4 Å². The summed E-state index contributed by atoms with van der Waals surface area (Å²) in [5.41, 5.74) is 0.475. The Balaban J connectivity index is 2.06. The highest BCUT2D eigenvalue weighted by Crippen LogP contribution is 2.12. The summed E-state index contributed by atoms with van der Waals surface area (Å²) in [5, 5.41) is 17.9. The lowest BCUT2D eigenvalue weighted by Gasteiger charge is -2.05. The number of aliphatic hydroxyl groups is 1. The van der Waals surface area contributed by atoms with E-state index in [1.165, 1.54) is 24.5 Å². The second-order valence-corrected chi connectivity index (χ2v) is 3.69. The fourth-order valence-electron chi connectivity index (χ4n) is 1.38. The van der Waals surface area contributed by atoms with Crippen LogP contribution in [0.3, 0.4) is 0 Å². The fraction of sp³-hybridized carbons (Fsp3) is 0.154. The monoisotopic (exact) mass is 248 g/mol. The Kier molecular flexibility index (Phi) is 3.64. The first-order chi connectivity index (χ1) is 8.69. The third-order valence-electron chi connectivity index (χ3n) is 2.34. The van der Waals surface area contributed by atoms with Crippen LogP contribution in [0.1, 0.15) is 11.3 Å². The van der Waals surface area contributed by atoms with Gasteiger partial charge in [0.25, 0.3) is 0 Å². The standard InChI is InChI=1S/C13H12O5/c14-6-11-5-12(16)13(8-17-11)18-7-9-1-3-10(15)4-2-9/h1-5,8,14-15H,6-7H2. The molecular weight excluding hydrogens is 236 g/mol. The van der Waals surface area contributed by atoms with Gasteiger partial charge in [0.1, 0.15) is 31.0 Å². The van der Waals surface area contributed by atoms with Crippen LogP contribution in [0.5, 0.6) is 11.5 Å². The predicted octanol–water partition coefficient (Wildman–Crippen LogP) is 1.42. The van der Waals surface area contributed by atoms with Crippen molar-refractivity contribution in [2.24, 2.45) is 0 Å². The number of rotatable bonds is 4. The van der Waals surface area contributed by atoms with Gasteiger partial charge in [-0.25, -0.2) is 0 Å². The number of aromatic hydroxyl groups is 1. The molecule has 0 bridgehead atoms. The molecule has 0 atom stereocenters. The minimum atomic E-state index is -0.343. The molecule has 0 spiro atoms. The number of ether oxygens (including phenoxy) is 1. The van der Waals surface area contributed by atoms with Gasteiger partial charge in [0.15, 0.2) is 0 Å². The van der Waals surface area contributed by atoms with E-state index in [1.807, 2.05) is 0 Å². The number of benzene rings is 1. The zero-order valence-corrected chi connectivity index (χ0v) is 9.50. The Morgan fingerprint density at radius 3 is 2.56 bits per heavy atom. The van der Waals surface area contributed by atoms with Gasteiger partial charge in [-0.05, 0) is 17.7 Å². The molecule has 0 aliphatic carbocycles. The van der Waals surface area contributed by atoms with Crippen molar-refractivity contribution in [3.63, 3.8) is 0 Å². The third-order valence-corrected chi connectivity index (χ3v) is 2.34. The molecule has 0 fully saturated rings. The topological polar surface area (TPSA) is 79.9 Å². The van der Waals surface area contributed by atoms with E-state index in [9.17, 15) is 4.79 Å². The molecule has 5 heteroatoms. The zero-order chi connectivity index (χ0) is 13.0. The van der Waals surface area contributed by atoms with Crippen molar-refractivity contribution in [3.8, 4) is 11.5 Å². The van der Waals surface area contributed by atoms with Crippen LogP contribution in [0, 0.1) is 0 Å². The summed E-state index contributed by atoms with van der Waals surface area (Å²) in [6.07, 6.45) is 1.17. The largest absolute Gasteiger partial charge is 0.508 e. The van der Waals surface area contributed by atoms with E-state index in [0.29, 0.717) is 0 Å². The summed E-state index contributed by atoms with van der Waals surface area (Å²) >= 11 is 0. The summed E-state index contributed by atoms with van der Waals surface area (Å²) < 4.78 is 10.3. The van der Waals surface area contributed by atoms with Crippen LogP contribution < -0.4 is 10.2 Å². The zero-order valence-electron chi connectivity index (χ0n) is 9.50. The van der Waals surface area contributed by atoms with Crippen molar-refractivity contribution in [1.82, 2.24) is 0 Å². The molecule has 1 aromatic heterocycles. The summed E-state index contributed by atoms with van der Waals surface area (Å²) in [5.74, 6) is 0.447. The Morgan fingerprint density at radius 1 is 1.22 bits per heavy atom. The Labute approximate surface area is 103 Å². The quantitative estimate of drug-likeness (QED) is 0.855. The van der Waals surface area contributed by atoms with Crippen molar-refractivity contribution in [3.05, 3.63) is 58.1 Å². The van der Waals surface area contributed by atoms with Gasteiger partial charge in [-0.15, -0.1) is 0 Å². The van der Waals surface area contributed by atoms with Crippen LogP contribution >= 0.6 is 0 Å². The lowest BCUT2D eigenvalue weighted by atomic mass is 10.2. The maximum Gasteiger partial charge on any atom is 0.227 e. The van der Waals surface area contributed by atoms with E-state index in [2.05, 4.69) is 0 Å². The summed E-state index contributed by atoms with van der Waals surface area (Å²) in [6.45, 7) is -0.128. The number of hydrogen-bond acceptors (Lipinski definition) is 5. The number of phenolic OH excluding ortho intramolecular Hbond substituents is 1. The van der Waals surface area contributed by atoms with Crippen molar-refractivity contribution in [2.75, 3.05) is 0 Å². The molecule has 0 unspecified atom stereocenters. The van der Waals surface area contributed by atoms with Gasteiger partial charge in [-0.1, -0.05) is 12.1 Å². The van der Waals surface area contributed by atoms with Crippen molar-refractivity contribution in [1.29, 1.82) is 0 Å². The van der Waals surface area contributed by atoms with Gasteiger partial charge >= 0.3 is 0 Å². The highest BCUT2D eigenvalue weighted by molar-refractivity contribution is 5.26. The van der Waals surface area contributed by atoms with Crippen LogP contribution in [0.15, 0.2) is 45.8 Å². The highest BCUT2D eigenvalue weighted by atomic mass is 16.5. The molecule has 2 aromatic rings. The second-order valence-electron chi connectivity index (χ2n) is 3.69. The summed E-state index contributed by atoms with van der Waals surface area (Å²) in [7, 11) is 0. The third kappa shape index (κ3) is 2.89. The minimum absolute atomic E-state index is 0.0836. The molecule has 0 aliphatic heterocycles. The van der Waals surface area contributed by atoms with E-state index in [-0.39, 0.29) is 35.9 Å². The van der Waals surface area contributed by atoms with Crippen molar-refractivity contribution >= 4 is 0 Å². The number of phenols is 1. The average Bonchev–Trinajstić information content (AvgIpc) is 2.39. The van der Waals surface area contributed by atoms with Crippen LogP contribution in [0.4, 0.5) is 0 Å². The first kappa shape index (κ1) is 12.2. The Hall–Kier alpha value is -2.27. The van der Waals surface area contributed by atoms with Gasteiger partial charge in [0.2, 0.25) is 11.2 Å². The average molecular weight is 248 g/mol. The minimum Gasteiger partial charge on any atom is -0.508 e. The lowest BCUT2D eigenvalue weighted by molar-refractivity contribution is 0.236. The van der Waals surface area contributed by atoms with Gasteiger partial charge in [0.05, 0.1) is 0 Å². The van der Waals surface area contributed by atoms with Crippen LogP contribution in [-0.4, -0.2) is 10.2 Å². The van der Waals surface area contributed by atoms with Gasteiger partial charge in [-0.2, -0.15) is 0 Å². The maximum atomic E-state index is 11.5. The van der Waals surface area contributed by atoms with Crippen LogP contribution in [-0.2, 0) is 13.2 Å². The fourth-order valence-corrected chi connectivity index (χ4v) is 1.38. The number of hydrogen-bond donors (Lipinski definition) is 2. The molecule has 94 valence electrons. The number of aliphatic hydroxyl groups excluding tert-OH is 1. The van der Waals surface area contributed by atoms with Crippen LogP contribution in [0.25, 0.3) is 0 Å². The van der Waals surface area contributed by atoms with Crippen molar-refractivity contribution in [2.45, 2.75) is 13.2 Å². The molecule has 0 amide bonds. The van der Waals surface area contributed by atoms with Gasteiger partial charge in [0, 0.05) is 6.07 Å². The van der Waals surface area contributed by atoms with E-state index < -0.39 is 0 Å². The molecule has 18 heavy (non-hydrogen) atoms. The van der Waals surface area contributed by atoms with E-state index in [0.717, 1.165) is 5.56 Å². The Morgan fingerprint density at radius 2 is 1.94 bits per heavy atom. The SMILES string of the molecule is O=c1cc(CO)occ1OCc1ccc(O)cc1. The molecule has 0 saturated carbocycles. The molecular formula is C13H12O5. The second kappa shape index (κ2) is 5.37. The van der Waals surface area contributed by atoms with E-state index in [4.69, 9.17) is 19.4 Å². The molecule has 2 N–H and O–H groups in total. The Bertz CT molecular complexity index is 571. The normalized spacial score (nSPS) is 10.3. The van der Waals surface area contributed by atoms with E-state index >= 15 is 0 Å². The highest BCUT2D eigenvalue weighted by Gasteiger charge is 2.04. The van der Waals surface area contributed by atoms with E-state index in [1.54, 1.807) is 12.1 Å². The molecule has 0 aliphatic rings. The molecule has 0 saturated heterocycles. The summed E-state index contributed by atoms with van der Waals surface area (Å²) in [4.78, 5) is 11.5. The molecule has 5 nitrogen and oxygen atoms in total. The molecule has 2 rings (SSSR count). The smallest absolute Gasteiger partial charge is 0.227 e. The summed E-state index contributed by atoms with van der Waals surface area (Å²) in [6, 6.07) is 7.65. The lowest BCUT2D eigenvalue weighted by Crippen LogP contribution is -2.07. The molecule has 1 heterocycles. The molecule has 1 aromatic carbocycles. The first-order valence-electron chi connectivity index (χ1n) is 5.32. The van der Waals surface area contributed by atoms with Crippen LogP contribution in [0.2, 0.25) is 0 Å². The van der Waals surface area contributed by atoms with Gasteiger partial charge < -0.3 is 19.4 Å². The van der Waals surface area contributed by atoms with Gasteiger partial charge in [-0.3, -0.25) is 4.79 Å². The first-order valence-corrected chi connectivity index (χ1v) is 5.32. The molecule has 0 radical (unpaired) electrons. The maximum absolute atomic E-state index is 11.5.